The molecule has 2 aliphatic rings. The van der Waals surface area contributed by atoms with Crippen LogP contribution in [0.2, 0.25) is 0 Å². The van der Waals surface area contributed by atoms with Crippen molar-refractivity contribution in [2.45, 2.75) is 31.0 Å². The highest BCUT2D eigenvalue weighted by molar-refractivity contribution is 7.49. The van der Waals surface area contributed by atoms with Crippen LogP contribution >= 0.6 is 7.82 Å². The molecule has 162 valence electrons. The van der Waals surface area contributed by atoms with Crippen molar-refractivity contribution in [1.29, 1.82) is 0 Å². The van der Waals surface area contributed by atoms with Gasteiger partial charge in [-0.3, -0.25) is 24.3 Å². The summed E-state index contributed by atoms with van der Waals surface area (Å²) in [6, 6.07) is 8.02. The number of alkyl halides is 1. The molecule has 1 unspecified atom stereocenters. The van der Waals surface area contributed by atoms with Crippen LogP contribution in [-0.4, -0.2) is 38.9 Å². The Labute approximate surface area is 169 Å². The van der Waals surface area contributed by atoms with E-state index in [1.807, 2.05) is 0 Å². The van der Waals surface area contributed by atoms with Gasteiger partial charge in [-0.2, -0.15) is 4.98 Å². The van der Waals surface area contributed by atoms with Gasteiger partial charge in [0.1, 0.15) is 12.4 Å². The summed E-state index contributed by atoms with van der Waals surface area (Å²) in [7, 11) is -4.08. The summed E-state index contributed by atoms with van der Waals surface area (Å²) in [5, 5.41) is 18.7. The summed E-state index contributed by atoms with van der Waals surface area (Å²) in [5.41, 5.74) is -0.230. The van der Waals surface area contributed by atoms with Gasteiger partial charge in [-0.05, 0) is 12.1 Å². The predicted octanol–water partition coefficient (Wildman–Crippen LogP) is 1.90. The van der Waals surface area contributed by atoms with Crippen molar-refractivity contribution in [3.05, 3.63) is 52.6 Å². The third-order valence-electron chi connectivity index (χ3n) is 4.87. The van der Waals surface area contributed by atoms with Crippen LogP contribution in [0.1, 0.15) is 18.4 Å². The second-order valence-electron chi connectivity index (χ2n) is 6.86. The lowest BCUT2D eigenvalue weighted by Crippen LogP contribution is -2.46. The number of nitrogens with zero attached hydrogens (tertiary/aromatic N) is 2. The Morgan fingerprint density at radius 3 is 2.87 bits per heavy atom. The Morgan fingerprint density at radius 2 is 2.13 bits per heavy atom. The number of ether oxygens (including phenoxy) is 1. The first-order valence-corrected chi connectivity index (χ1v) is 10.4. The normalized spacial score (nSPS) is 30.5. The summed E-state index contributed by atoms with van der Waals surface area (Å²) < 4.78 is 49.9. The van der Waals surface area contributed by atoms with Crippen LogP contribution in [-0.2, 0) is 30.7 Å². The number of phosphoric acid groups is 1. The van der Waals surface area contributed by atoms with Crippen molar-refractivity contribution < 1.29 is 37.6 Å². The van der Waals surface area contributed by atoms with E-state index >= 15 is 4.39 Å². The Kier molecular flexibility index (Phi) is 5.39. The van der Waals surface area contributed by atoms with Crippen LogP contribution < -0.4 is 15.7 Å². The van der Waals surface area contributed by atoms with Gasteiger partial charge in [0.25, 0.3) is 0 Å². The van der Waals surface area contributed by atoms with Gasteiger partial charge in [-0.25, -0.2) is 13.8 Å². The highest BCUT2D eigenvalue weighted by atomic mass is 31.2. The third-order valence-corrected chi connectivity index (χ3v) is 6.18. The molecule has 1 aromatic carbocycles. The average Bonchev–Trinajstić information content (AvgIpc) is 3.10. The maximum atomic E-state index is 15.3. The summed E-state index contributed by atoms with van der Waals surface area (Å²) in [6.07, 6.45) is 0.839. The van der Waals surface area contributed by atoms with Crippen molar-refractivity contribution in [2.24, 2.45) is 0 Å². The Morgan fingerprint density at radius 1 is 1.33 bits per heavy atom. The summed E-state index contributed by atoms with van der Waals surface area (Å²) in [4.78, 5) is 15.8. The predicted molar refractivity (Wildman–Crippen MR) is 98.5 cm³/mol. The first kappa shape index (κ1) is 20.9. The van der Waals surface area contributed by atoms with E-state index in [1.54, 1.807) is 29.7 Å². The molecular weight excluding hydrogens is 424 g/mol. The first-order chi connectivity index (χ1) is 14.3. The van der Waals surface area contributed by atoms with Gasteiger partial charge in [0.15, 0.2) is 11.5 Å². The molecule has 3 N–H and O–H groups in total. The topological polar surface area (TPSA) is 141 Å². The van der Waals surface area contributed by atoms with E-state index in [0.29, 0.717) is 11.3 Å². The fourth-order valence-electron chi connectivity index (χ4n) is 3.31. The number of nitrogens with one attached hydrogen (secondary N) is 1. The van der Waals surface area contributed by atoms with Gasteiger partial charge in [-0.15, -0.1) is 0 Å². The van der Waals surface area contributed by atoms with E-state index in [-0.39, 0.29) is 25.3 Å². The quantitative estimate of drug-likeness (QED) is 0.448. The molecule has 0 amide bonds. The number of halogens is 1. The van der Waals surface area contributed by atoms with Gasteiger partial charge in [0, 0.05) is 24.6 Å². The average molecular weight is 443 g/mol. The van der Waals surface area contributed by atoms with E-state index in [9.17, 15) is 14.5 Å². The molecule has 30 heavy (non-hydrogen) atoms. The number of aliphatic hydroxyl groups excluding tert-OH is 1. The molecule has 2 aliphatic heterocycles. The monoisotopic (exact) mass is 443 g/mol. The molecule has 0 spiro atoms. The van der Waals surface area contributed by atoms with Gasteiger partial charge < -0.3 is 14.4 Å². The van der Waals surface area contributed by atoms with Crippen LogP contribution in [0.5, 0.6) is 5.75 Å². The minimum Gasteiger partial charge on any atom is -0.404 e. The lowest BCUT2D eigenvalue weighted by molar-refractivity contribution is -0.234. The lowest BCUT2D eigenvalue weighted by atomic mass is 10.1. The minimum absolute atomic E-state index is 0.0273. The van der Waals surface area contributed by atoms with Gasteiger partial charge in [-0.1, -0.05) is 18.2 Å². The fraction of sp³-hybridized carbons (Fsp3) is 0.412. The van der Waals surface area contributed by atoms with Gasteiger partial charge >= 0.3 is 13.5 Å². The molecule has 0 aliphatic carbocycles. The molecule has 13 heteroatoms. The standard InChI is InChI=1S/C17H19FN3O8P/c18-16(11-27-30(25)26-9-12-3-1-2-4-13(12)28-30)6-7-17(10-22,29-16)21-8-5-14(20-24)19-15(21)23/h1-5,8,22,24H,6-7,9-11H2,(H,19,20,23)/t16-,17-,30?/m0/s1. The van der Waals surface area contributed by atoms with Crippen LogP contribution in [0.25, 0.3) is 0 Å². The number of hydrogen-bond donors (Lipinski definition) is 3. The second-order valence-corrected chi connectivity index (χ2v) is 8.45. The molecule has 3 atom stereocenters. The number of para-hydroxylation sites is 1. The zero-order valence-electron chi connectivity index (χ0n) is 15.6. The SMILES string of the molecule is O=c1nc(NO)ccn1[C@@]1(CO)CC[C@@](F)(COP2(=O)OCc3ccccc3O2)O1. The molecule has 11 nitrogen and oxygen atoms in total. The number of phosphoric ester groups is 1. The van der Waals surface area contributed by atoms with Crippen molar-refractivity contribution in [1.82, 2.24) is 9.55 Å². The van der Waals surface area contributed by atoms with Crippen molar-refractivity contribution in [3.8, 4) is 5.75 Å². The van der Waals surface area contributed by atoms with Gasteiger partial charge in [0.05, 0.1) is 13.2 Å². The van der Waals surface area contributed by atoms with Crippen molar-refractivity contribution in [3.63, 3.8) is 0 Å². The molecule has 1 saturated heterocycles. The van der Waals surface area contributed by atoms with E-state index < -0.39 is 38.3 Å². The number of fused-ring (bicyclic) bond motifs is 1. The zero-order chi connectivity index (χ0) is 21.4. The zero-order valence-corrected chi connectivity index (χ0v) is 16.5. The van der Waals surface area contributed by atoms with Crippen LogP contribution in [0, 0.1) is 0 Å². The molecule has 4 rings (SSSR count). The number of aromatic nitrogens is 2. The summed E-state index contributed by atoms with van der Waals surface area (Å²) >= 11 is 0. The molecule has 2 aromatic rings. The minimum atomic E-state index is -4.08. The summed E-state index contributed by atoms with van der Waals surface area (Å²) in [5.74, 6) is -2.29. The van der Waals surface area contributed by atoms with Crippen LogP contribution in [0.3, 0.4) is 0 Å². The fourth-order valence-corrected chi connectivity index (χ4v) is 4.55. The number of rotatable bonds is 6. The highest BCUT2D eigenvalue weighted by Crippen LogP contribution is 2.55. The number of anilines is 1. The molecule has 0 saturated carbocycles. The maximum Gasteiger partial charge on any atom is 0.530 e. The Hall–Kier alpha value is -2.34. The number of aliphatic hydroxyl groups is 1. The highest BCUT2D eigenvalue weighted by Gasteiger charge is 2.53. The molecule has 0 bridgehead atoms. The van der Waals surface area contributed by atoms with Gasteiger partial charge in [0.2, 0.25) is 5.85 Å². The maximum absolute atomic E-state index is 15.3. The molecule has 1 aromatic heterocycles. The third kappa shape index (κ3) is 3.85. The second kappa shape index (κ2) is 7.73. The van der Waals surface area contributed by atoms with Crippen molar-refractivity contribution >= 4 is 13.6 Å². The largest absolute Gasteiger partial charge is 0.530 e. The first-order valence-electron chi connectivity index (χ1n) is 8.97. The van der Waals surface area contributed by atoms with Crippen molar-refractivity contribution in [2.75, 3.05) is 18.7 Å². The Bertz CT molecular complexity index is 1050. The van der Waals surface area contributed by atoms with Crippen LogP contribution in [0.4, 0.5) is 10.2 Å². The molecule has 0 radical (unpaired) electrons. The Balaban J connectivity index is 1.49. The summed E-state index contributed by atoms with van der Waals surface area (Å²) in [6.45, 7) is -1.57. The smallest absolute Gasteiger partial charge is 0.404 e. The number of benzene rings is 1. The van der Waals surface area contributed by atoms with E-state index in [2.05, 4.69) is 4.98 Å². The van der Waals surface area contributed by atoms with Crippen LogP contribution in [0.15, 0.2) is 41.3 Å². The van der Waals surface area contributed by atoms with E-state index in [1.165, 1.54) is 12.3 Å². The lowest BCUT2D eigenvalue weighted by Gasteiger charge is -2.31. The van der Waals surface area contributed by atoms with E-state index in [0.717, 1.165) is 4.57 Å². The van der Waals surface area contributed by atoms with E-state index in [4.69, 9.17) is 23.5 Å². The number of hydrogen-bond acceptors (Lipinski definition) is 10. The molecule has 1 fully saturated rings. The molecule has 3 heterocycles. The molecular formula is C17H19FN3O8P.